The Balaban J connectivity index is 2.73. The minimum atomic E-state index is -8.40. The molecule has 2 nitrogen and oxygen atoms in total. The van der Waals surface area contributed by atoms with E-state index in [-0.39, 0.29) is 5.56 Å². The molecule has 1 atom stereocenters. The first-order valence-corrected chi connectivity index (χ1v) is 14.6. The molecule has 0 N–H and O–H groups in total. The van der Waals surface area contributed by atoms with Gasteiger partial charge in [-0.05, 0) is 12.8 Å². The van der Waals surface area contributed by atoms with Gasteiger partial charge in [-0.15, -0.1) is 0 Å². The summed E-state index contributed by atoms with van der Waals surface area (Å²) in [4.78, 5) is 0. The summed E-state index contributed by atoms with van der Waals surface area (Å²) < 4.78 is 367. The molecule has 328 valence electrons. The molecule has 1 aliphatic rings. The smallest absolute Gasteiger partial charge is 0.348 e. The molecule has 1 heterocycles. The largest absolute Gasteiger partial charge is 0.460 e. The quantitative estimate of drug-likeness (QED) is 0.163. The van der Waals surface area contributed by atoms with Crippen LogP contribution in [-0.2, 0) is 9.47 Å². The lowest BCUT2D eigenvalue weighted by Crippen LogP contribution is -2.70. The Morgan fingerprint density at radius 2 is 0.768 bits per heavy atom. The number of alkyl halides is 26. The van der Waals surface area contributed by atoms with E-state index in [4.69, 9.17) is 9.47 Å². The average Bonchev–Trinajstić information content (AvgIpc) is 3.02. The van der Waals surface area contributed by atoms with E-state index in [2.05, 4.69) is 0 Å². The van der Waals surface area contributed by atoms with Crippen LogP contribution in [0.2, 0.25) is 0 Å². The van der Waals surface area contributed by atoms with Gasteiger partial charge in [0, 0.05) is 23.8 Å². The van der Waals surface area contributed by atoms with Crippen molar-refractivity contribution in [3.8, 4) is 0 Å². The van der Waals surface area contributed by atoms with Crippen LogP contribution in [0.5, 0.6) is 0 Å². The molecule has 1 fully saturated rings. The Morgan fingerprint density at radius 3 is 1.07 bits per heavy atom. The van der Waals surface area contributed by atoms with Crippen LogP contribution in [0.1, 0.15) is 51.4 Å². The molecular weight excluding hydrogens is 862 g/mol. The molecule has 0 aliphatic carbocycles. The molecule has 1 aliphatic heterocycles. The third kappa shape index (κ3) is 7.31. The van der Waals surface area contributed by atoms with E-state index >= 15 is 0 Å². The first-order valence-electron chi connectivity index (χ1n) is 14.6. The van der Waals surface area contributed by atoms with Gasteiger partial charge in [0.1, 0.15) is 0 Å². The lowest BCUT2D eigenvalue weighted by Gasteiger charge is -2.53. The molecule has 0 amide bonds. The Bertz CT molecular complexity index is 1430. The summed E-state index contributed by atoms with van der Waals surface area (Å²) in [6, 6.07) is 5.29. The molecular formula is C28H22F26O2. The molecule has 0 aromatic heterocycles. The van der Waals surface area contributed by atoms with Crippen molar-refractivity contribution < 1.29 is 124 Å². The number of rotatable bonds is 15. The lowest BCUT2D eigenvalue weighted by atomic mass is 9.68. The molecule has 1 saturated heterocycles. The average molecular weight is 884 g/mol. The maximum absolute atomic E-state index is 14.9. The molecule has 0 spiro atoms. The van der Waals surface area contributed by atoms with Crippen LogP contribution >= 0.6 is 0 Å². The molecule has 2 rings (SSSR count). The Labute approximate surface area is 295 Å². The van der Waals surface area contributed by atoms with E-state index in [1.165, 1.54) is 6.07 Å². The van der Waals surface area contributed by atoms with Crippen molar-refractivity contribution in [2.24, 2.45) is 5.41 Å². The summed E-state index contributed by atoms with van der Waals surface area (Å²) in [6.07, 6.45) is -29.2. The van der Waals surface area contributed by atoms with Gasteiger partial charge in [0.2, 0.25) is 0 Å². The van der Waals surface area contributed by atoms with Crippen molar-refractivity contribution in [1.82, 2.24) is 0 Å². The first kappa shape index (κ1) is 49.5. The van der Waals surface area contributed by atoms with E-state index in [1.807, 2.05) is 0 Å². The Hall–Kier alpha value is -2.68. The highest BCUT2D eigenvalue weighted by Crippen LogP contribution is 2.64. The SMILES string of the molecule is CC1(C)COC(c2ccccc2)OC1(CCC(F)(F)C(F)(F)C(F)(F)C(F)(F)C(F)(F)C(F)(F)F)CCC(F)(F)C(F)(F)C(F)(F)C(F)(F)C(F)(F)C(F)(F)F. The normalized spacial score (nSPS) is 20.3. The second kappa shape index (κ2) is 14.0. The maximum atomic E-state index is 14.9. The van der Waals surface area contributed by atoms with E-state index in [9.17, 15) is 114 Å². The highest BCUT2D eigenvalue weighted by Gasteiger charge is 2.92. The summed E-state index contributed by atoms with van der Waals surface area (Å²) in [6.45, 7) is -0.0330. The van der Waals surface area contributed by atoms with Crippen molar-refractivity contribution in [1.29, 1.82) is 0 Å². The van der Waals surface area contributed by atoms with Crippen molar-refractivity contribution in [2.75, 3.05) is 6.61 Å². The van der Waals surface area contributed by atoms with Crippen molar-refractivity contribution in [3.05, 3.63) is 35.9 Å². The van der Waals surface area contributed by atoms with Gasteiger partial charge in [-0.25, -0.2) is 0 Å². The summed E-state index contributed by atoms with van der Waals surface area (Å²) in [5.41, 5.74) is -6.44. The van der Waals surface area contributed by atoms with Gasteiger partial charge in [0.05, 0.1) is 12.2 Å². The fraction of sp³-hybridized carbons (Fsp3) is 0.786. The molecule has 0 bridgehead atoms. The fourth-order valence-corrected chi connectivity index (χ4v) is 5.14. The number of hydrogen-bond donors (Lipinski definition) is 0. The molecule has 0 radical (unpaired) electrons. The van der Waals surface area contributed by atoms with E-state index < -0.39 is 121 Å². The van der Waals surface area contributed by atoms with Crippen molar-refractivity contribution >= 4 is 0 Å². The predicted octanol–water partition coefficient (Wildman–Crippen LogP) is 12.5. The summed E-state index contributed by atoms with van der Waals surface area (Å²) >= 11 is 0. The molecule has 28 heteroatoms. The van der Waals surface area contributed by atoms with Crippen LogP contribution in [0.3, 0.4) is 0 Å². The number of hydrogen-bond acceptors (Lipinski definition) is 2. The van der Waals surface area contributed by atoms with Crippen LogP contribution in [0.25, 0.3) is 0 Å². The van der Waals surface area contributed by atoms with Gasteiger partial charge in [0.15, 0.2) is 6.29 Å². The number of benzene rings is 1. The van der Waals surface area contributed by atoms with Gasteiger partial charge >= 0.3 is 71.6 Å². The van der Waals surface area contributed by atoms with Gasteiger partial charge in [0.25, 0.3) is 0 Å². The Kier molecular flexibility index (Phi) is 12.3. The van der Waals surface area contributed by atoms with Gasteiger partial charge in [-0.2, -0.15) is 114 Å². The third-order valence-electron chi connectivity index (χ3n) is 8.92. The highest BCUT2D eigenvalue weighted by molar-refractivity contribution is 5.18. The molecule has 56 heavy (non-hydrogen) atoms. The monoisotopic (exact) mass is 884 g/mol. The maximum Gasteiger partial charge on any atom is 0.460 e. The predicted molar refractivity (Wildman–Crippen MR) is 133 cm³/mol. The zero-order valence-corrected chi connectivity index (χ0v) is 27.1. The second-order valence-electron chi connectivity index (χ2n) is 13.0. The second-order valence-corrected chi connectivity index (χ2v) is 13.0. The summed E-state index contributed by atoms with van der Waals surface area (Å²) in [5.74, 6) is -79.9. The topological polar surface area (TPSA) is 18.5 Å². The van der Waals surface area contributed by atoms with Crippen LogP contribution in [0, 0.1) is 5.41 Å². The van der Waals surface area contributed by atoms with Crippen molar-refractivity contribution in [2.45, 2.75) is 123 Å². The van der Waals surface area contributed by atoms with E-state index in [1.54, 1.807) is 0 Å². The van der Waals surface area contributed by atoms with Crippen LogP contribution in [0.15, 0.2) is 30.3 Å². The van der Waals surface area contributed by atoms with E-state index in [0.29, 0.717) is 13.8 Å². The van der Waals surface area contributed by atoms with Crippen molar-refractivity contribution in [3.63, 3.8) is 0 Å². The van der Waals surface area contributed by atoms with Crippen LogP contribution in [0.4, 0.5) is 114 Å². The minimum Gasteiger partial charge on any atom is -0.348 e. The van der Waals surface area contributed by atoms with Gasteiger partial charge < -0.3 is 9.47 Å². The standard InChI is InChI=1S/C28H22F26O2/c1-15(2)12-55-14(13-6-4-3-5-7-13)56-16(15,8-10-17(29,30)19(33,34)21(37,38)23(41,42)25(45,46)27(49,50)51)9-11-18(31,32)20(35,36)22(39,40)24(43,44)26(47,48)28(52,53)54/h3-7,14H,8-12H2,1-2H3. The number of halogens is 26. The third-order valence-corrected chi connectivity index (χ3v) is 8.92. The zero-order valence-electron chi connectivity index (χ0n) is 27.1. The van der Waals surface area contributed by atoms with Gasteiger partial charge in [-0.3, -0.25) is 0 Å². The number of ether oxygens (including phenoxy) is 2. The Morgan fingerprint density at radius 1 is 0.464 bits per heavy atom. The summed E-state index contributed by atoms with van der Waals surface area (Å²) in [7, 11) is 0. The minimum absolute atomic E-state index is 0.373. The molecule has 1 aromatic carbocycles. The summed E-state index contributed by atoms with van der Waals surface area (Å²) in [5, 5.41) is 0. The zero-order chi connectivity index (χ0) is 44.6. The lowest BCUT2D eigenvalue weighted by molar-refractivity contribution is -0.441. The van der Waals surface area contributed by atoms with Crippen LogP contribution in [-0.4, -0.2) is 83.8 Å². The molecule has 0 saturated carbocycles. The van der Waals surface area contributed by atoms with Gasteiger partial charge in [-0.1, -0.05) is 44.2 Å². The first-order chi connectivity index (χ1) is 24.3. The molecule has 1 aromatic rings. The molecule has 1 unspecified atom stereocenters. The van der Waals surface area contributed by atoms with Crippen LogP contribution < -0.4 is 0 Å². The highest BCUT2D eigenvalue weighted by atomic mass is 19.4. The fourth-order valence-electron chi connectivity index (χ4n) is 5.14. The van der Waals surface area contributed by atoms with E-state index in [0.717, 1.165) is 24.3 Å².